The Balaban J connectivity index is 1.76. The molecule has 0 aromatic heterocycles. The topological polar surface area (TPSA) is 119 Å². The van der Waals surface area contributed by atoms with E-state index in [1.807, 2.05) is 0 Å². The number of carbonyl (C=O) groups is 3. The fourth-order valence-corrected chi connectivity index (χ4v) is 5.88. The Kier molecular flexibility index (Phi) is 8.69. The summed E-state index contributed by atoms with van der Waals surface area (Å²) < 4.78 is 52.8. The molecule has 0 unspecified atom stereocenters. The van der Waals surface area contributed by atoms with Crippen LogP contribution in [0.15, 0.2) is 71.6 Å². The van der Waals surface area contributed by atoms with E-state index in [-0.39, 0.29) is 12.2 Å². The van der Waals surface area contributed by atoms with Crippen molar-refractivity contribution in [3.8, 4) is 5.75 Å². The van der Waals surface area contributed by atoms with Crippen LogP contribution >= 0.6 is 11.6 Å². The number of anilines is 1. The summed E-state index contributed by atoms with van der Waals surface area (Å²) in [5.41, 5.74) is -1.01. The van der Waals surface area contributed by atoms with Gasteiger partial charge in [0, 0.05) is 5.02 Å². The molecule has 1 aliphatic rings. The van der Waals surface area contributed by atoms with Crippen LogP contribution in [0.4, 0.5) is 14.9 Å². The maximum atomic E-state index is 15.3. The zero-order valence-electron chi connectivity index (χ0n) is 22.5. The molecule has 0 radical (unpaired) electrons. The normalized spacial score (nSPS) is 16.4. The van der Waals surface area contributed by atoms with E-state index < -0.39 is 67.9 Å². The van der Waals surface area contributed by atoms with Gasteiger partial charge in [0.1, 0.15) is 23.2 Å². The molecular formula is C29H28ClFN2O7S. The number of ketones is 1. The summed E-state index contributed by atoms with van der Waals surface area (Å²) >= 11 is 6.00. The lowest BCUT2D eigenvalue weighted by Gasteiger charge is -2.27. The number of hydrogen-bond acceptors (Lipinski definition) is 7. The number of rotatable bonds is 7. The Morgan fingerprint density at radius 1 is 1.07 bits per heavy atom. The van der Waals surface area contributed by atoms with E-state index in [0.717, 1.165) is 17.0 Å². The fraction of sp³-hybridized carbons (Fsp3) is 0.276. The minimum Gasteiger partial charge on any atom is -0.485 e. The molecule has 3 aromatic carbocycles. The summed E-state index contributed by atoms with van der Waals surface area (Å²) in [4.78, 5) is 39.9. The highest BCUT2D eigenvalue weighted by molar-refractivity contribution is 7.91. The maximum absolute atomic E-state index is 15.3. The first-order valence-corrected chi connectivity index (χ1v) is 14.6. The molecule has 0 bridgehead atoms. The number of amides is 2. The van der Waals surface area contributed by atoms with Crippen LogP contribution < -0.4 is 15.0 Å². The highest BCUT2D eigenvalue weighted by Crippen LogP contribution is 2.34. The van der Waals surface area contributed by atoms with Gasteiger partial charge in [0.15, 0.2) is 16.4 Å². The van der Waals surface area contributed by atoms with Crippen molar-refractivity contribution in [3.05, 3.63) is 88.7 Å². The third kappa shape index (κ3) is 7.42. The number of nitrogens with one attached hydrogen (secondary N) is 1. The monoisotopic (exact) mass is 602 g/mol. The summed E-state index contributed by atoms with van der Waals surface area (Å²) in [6.07, 6.45) is -0.997. The smallest absolute Gasteiger partial charge is 0.408 e. The van der Waals surface area contributed by atoms with Crippen LogP contribution in [0.3, 0.4) is 0 Å². The fourth-order valence-electron chi connectivity index (χ4n) is 4.14. The molecule has 9 nitrogen and oxygen atoms in total. The number of hydrogen-bond donors (Lipinski definition) is 1. The number of fused-ring (bicyclic) bond motifs is 1. The molecule has 0 saturated carbocycles. The maximum Gasteiger partial charge on any atom is 0.408 e. The molecule has 0 aliphatic carbocycles. The van der Waals surface area contributed by atoms with Gasteiger partial charge in [-0.3, -0.25) is 9.59 Å². The van der Waals surface area contributed by atoms with Crippen LogP contribution in [0.5, 0.6) is 5.75 Å². The summed E-state index contributed by atoms with van der Waals surface area (Å²) in [5, 5.41) is 2.78. The largest absolute Gasteiger partial charge is 0.485 e. The summed E-state index contributed by atoms with van der Waals surface area (Å²) in [7, 11) is -4.34. The van der Waals surface area contributed by atoms with Gasteiger partial charge in [-0.25, -0.2) is 17.6 Å². The molecule has 1 heterocycles. The number of nitrogens with zero attached hydrogens (tertiary/aromatic N) is 1. The van der Waals surface area contributed by atoms with Crippen LogP contribution in [-0.2, 0) is 25.9 Å². The first-order valence-electron chi connectivity index (χ1n) is 12.6. The lowest BCUT2D eigenvalue weighted by atomic mass is 10.1. The molecule has 1 aliphatic heterocycles. The summed E-state index contributed by atoms with van der Waals surface area (Å²) in [6.45, 7) is 4.16. The van der Waals surface area contributed by atoms with Gasteiger partial charge in [-0.1, -0.05) is 41.9 Å². The Morgan fingerprint density at radius 3 is 2.37 bits per heavy atom. The molecule has 1 N–H and O–H groups in total. The van der Waals surface area contributed by atoms with Crippen molar-refractivity contribution in [2.45, 2.75) is 43.9 Å². The van der Waals surface area contributed by atoms with Crippen molar-refractivity contribution in [1.29, 1.82) is 0 Å². The first-order chi connectivity index (χ1) is 19.2. The molecule has 4 rings (SSSR count). The van der Waals surface area contributed by atoms with Crippen LogP contribution in [0.1, 0.15) is 36.7 Å². The van der Waals surface area contributed by atoms with Crippen molar-refractivity contribution in [2.24, 2.45) is 0 Å². The van der Waals surface area contributed by atoms with Crippen molar-refractivity contribution in [3.63, 3.8) is 0 Å². The Labute approximate surface area is 242 Å². The predicted molar refractivity (Wildman–Crippen MR) is 151 cm³/mol. The van der Waals surface area contributed by atoms with Crippen molar-refractivity contribution in [2.75, 3.05) is 17.3 Å². The molecule has 41 heavy (non-hydrogen) atoms. The number of Topliss-reactive ketones (excluding diaryl/α,β-unsaturated/α-hetero) is 1. The quantitative estimate of drug-likeness (QED) is 0.380. The zero-order valence-corrected chi connectivity index (χ0v) is 24.1. The van der Waals surface area contributed by atoms with E-state index in [1.54, 1.807) is 75.4 Å². The van der Waals surface area contributed by atoms with E-state index in [2.05, 4.69) is 5.32 Å². The van der Waals surface area contributed by atoms with Crippen molar-refractivity contribution < 1.29 is 36.7 Å². The van der Waals surface area contributed by atoms with Crippen LogP contribution in [0, 0.1) is 5.82 Å². The van der Waals surface area contributed by atoms with Gasteiger partial charge in [0.05, 0.1) is 28.4 Å². The number of halogens is 2. The molecule has 12 heteroatoms. The third-order valence-corrected chi connectivity index (χ3v) is 8.00. The second-order valence-corrected chi connectivity index (χ2v) is 12.8. The average Bonchev–Trinajstić information content (AvgIpc) is 2.96. The highest BCUT2D eigenvalue weighted by Gasteiger charge is 2.40. The number of ether oxygens (including phenoxy) is 2. The lowest BCUT2D eigenvalue weighted by molar-refractivity contribution is -0.120. The van der Waals surface area contributed by atoms with E-state index in [4.69, 9.17) is 21.1 Å². The van der Waals surface area contributed by atoms with Crippen molar-refractivity contribution in [1.82, 2.24) is 5.32 Å². The number of benzene rings is 3. The second-order valence-electron chi connectivity index (χ2n) is 10.4. The van der Waals surface area contributed by atoms with E-state index in [0.29, 0.717) is 16.3 Å². The van der Waals surface area contributed by atoms with E-state index in [9.17, 15) is 22.8 Å². The van der Waals surface area contributed by atoms with Gasteiger partial charge in [-0.2, -0.15) is 0 Å². The average molecular weight is 603 g/mol. The van der Waals surface area contributed by atoms with E-state index >= 15 is 4.39 Å². The number of sulfone groups is 1. The molecule has 0 fully saturated rings. The van der Waals surface area contributed by atoms with Gasteiger partial charge in [0.2, 0.25) is 5.78 Å². The molecule has 0 spiro atoms. The zero-order chi connectivity index (χ0) is 29.9. The van der Waals surface area contributed by atoms with E-state index in [1.165, 1.54) is 0 Å². The lowest BCUT2D eigenvalue weighted by Crippen LogP contribution is -2.51. The molecule has 0 saturated heterocycles. The van der Waals surface area contributed by atoms with Gasteiger partial charge < -0.3 is 19.7 Å². The predicted octanol–water partition coefficient (Wildman–Crippen LogP) is 4.95. The Hall–Kier alpha value is -3.96. The minimum atomic E-state index is -4.34. The highest BCUT2D eigenvalue weighted by atomic mass is 35.5. The Bertz CT molecular complexity index is 1570. The van der Waals surface area contributed by atoms with Gasteiger partial charge in [-0.15, -0.1) is 0 Å². The van der Waals surface area contributed by atoms with Crippen LogP contribution in [0.2, 0.25) is 5.02 Å². The molecule has 216 valence electrons. The third-order valence-electron chi connectivity index (χ3n) is 5.98. The molecule has 2 amide bonds. The second kappa shape index (κ2) is 11.9. The molecule has 1 atom stereocenters. The summed E-state index contributed by atoms with van der Waals surface area (Å²) in [5.74, 6) is -3.11. The minimum absolute atomic E-state index is 0.162. The molecular weight excluding hydrogens is 575 g/mol. The van der Waals surface area contributed by atoms with Crippen LogP contribution in [0.25, 0.3) is 0 Å². The van der Waals surface area contributed by atoms with Crippen molar-refractivity contribution >= 4 is 44.9 Å². The summed E-state index contributed by atoms with van der Waals surface area (Å²) in [6, 6.07) is 15.1. The SMILES string of the molecule is CC(C)(C)OC(=O)N[C@H]1CS(=O)(=O)c2cc(F)c(C(=O)COc3ccccc3)cc2N(Cc2ccc(Cl)cc2)C1=O. The number of para-hydroxylation sites is 1. The van der Waals surface area contributed by atoms with Gasteiger partial charge in [-0.05, 0) is 62.7 Å². The number of carbonyl (C=O) groups excluding carboxylic acids is 3. The first kappa shape index (κ1) is 30.0. The van der Waals surface area contributed by atoms with Gasteiger partial charge >= 0.3 is 6.09 Å². The Morgan fingerprint density at radius 2 is 1.73 bits per heavy atom. The number of alkyl carbamates (subject to hydrolysis) is 1. The standard InChI is InChI=1S/C29H28ClFN2O7S/c1-29(2,3)40-28(36)32-23-17-41(37,38)26-14-22(31)21(25(34)16-39-20-7-5-4-6-8-20)13-24(26)33(27(23)35)15-18-9-11-19(30)12-10-18/h4-14,23H,15-17H2,1-3H3,(H,32,36)/t23-/m0/s1. The molecule has 3 aromatic rings. The van der Waals surface area contributed by atoms with Gasteiger partial charge in [0.25, 0.3) is 5.91 Å². The van der Waals surface area contributed by atoms with Crippen LogP contribution in [-0.4, -0.2) is 50.2 Å².